The number of piperidine rings is 1. The van der Waals surface area contributed by atoms with Crippen molar-refractivity contribution >= 4 is 5.91 Å². The molecular formula is C23H23F3N2O5. The fraction of sp³-hybridized carbons (Fsp3) is 0.478. The van der Waals surface area contributed by atoms with Crippen molar-refractivity contribution in [2.24, 2.45) is 0 Å². The predicted molar refractivity (Wildman–Crippen MR) is 109 cm³/mol. The molecular weight excluding hydrogens is 441 g/mol. The lowest BCUT2D eigenvalue weighted by molar-refractivity contribution is -0.134. The summed E-state index contributed by atoms with van der Waals surface area (Å²) in [5, 5.41) is 0. The van der Waals surface area contributed by atoms with Gasteiger partial charge in [0.1, 0.15) is 36.1 Å². The lowest BCUT2D eigenvalue weighted by Crippen LogP contribution is -2.53. The number of nitrogens with zero attached hydrogens (tertiary/aromatic N) is 2. The van der Waals surface area contributed by atoms with Crippen LogP contribution in [0, 0.1) is 5.82 Å². The van der Waals surface area contributed by atoms with E-state index in [2.05, 4.69) is 4.98 Å². The SMILES string of the molecule is COc1nc(C(=O)N2CC[C@]3(c4cccc(F)c4)OCOC3C2)ccc1OC1CC(F)(F)C1. The van der Waals surface area contributed by atoms with Gasteiger partial charge in [-0.05, 0) is 29.8 Å². The van der Waals surface area contributed by atoms with Crippen molar-refractivity contribution in [3.8, 4) is 11.6 Å². The first kappa shape index (κ1) is 22.0. The van der Waals surface area contributed by atoms with Crippen molar-refractivity contribution in [3.63, 3.8) is 0 Å². The number of halogens is 3. The van der Waals surface area contributed by atoms with Gasteiger partial charge in [-0.1, -0.05) is 12.1 Å². The van der Waals surface area contributed by atoms with Crippen molar-refractivity contribution in [1.82, 2.24) is 9.88 Å². The summed E-state index contributed by atoms with van der Waals surface area (Å²) in [4.78, 5) is 19.0. The standard InChI is InChI=1S/C23H23F3N2O5/c1-30-20-18(33-16-10-22(25,26)11-16)6-5-17(27-20)21(29)28-8-7-23(19(12-28)31-13-32-23)14-3-2-4-15(24)9-14/h2-6,9,16,19H,7-8,10-13H2,1H3/t19?,23-/m1/s1. The van der Waals surface area contributed by atoms with Gasteiger partial charge in [0.2, 0.25) is 0 Å². The number of ether oxygens (including phenoxy) is 4. The maximum absolute atomic E-state index is 13.8. The van der Waals surface area contributed by atoms with E-state index in [0.29, 0.717) is 18.5 Å². The molecule has 5 rings (SSSR count). The van der Waals surface area contributed by atoms with Crippen molar-refractivity contribution in [2.75, 3.05) is 27.0 Å². The number of hydrogen-bond donors (Lipinski definition) is 0. The van der Waals surface area contributed by atoms with Crippen LogP contribution in [-0.4, -0.2) is 60.9 Å². The Morgan fingerprint density at radius 1 is 1.24 bits per heavy atom. The maximum atomic E-state index is 13.8. The Balaban J connectivity index is 1.30. The summed E-state index contributed by atoms with van der Waals surface area (Å²) in [5.41, 5.74) is 0.00211. The molecule has 33 heavy (non-hydrogen) atoms. The first-order chi connectivity index (χ1) is 15.8. The van der Waals surface area contributed by atoms with E-state index in [1.807, 2.05) is 0 Å². The van der Waals surface area contributed by atoms with Crippen LogP contribution in [-0.2, 0) is 15.1 Å². The molecule has 0 spiro atoms. The summed E-state index contributed by atoms with van der Waals surface area (Å²) in [6, 6.07) is 9.21. The molecule has 1 aromatic heterocycles. The van der Waals surface area contributed by atoms with Gasteiger partial charge in [-0.2, -0.15) is 0 Å². The average molecular weight is 464 g/mol. The van der Waals surface area contributed by atoms with Gasteiger partial charge in [-0.3, -0.25) is 4.79 Å². The third-order valence-corrected chi connectivity index (χ3v) is 6.43. The quantitative estimate of drug-likeness (QED) is 0.675. The first-order valence-corrected chi connectivity index (χ1v) is 10.7. The monoisotopic (exact) mass is 464 g/mol. The second kappa shape index (κ2) is 8.18. The third-order valence-electron chi connectivity index (χ3n) is 6.43. The predicted octanol–water partition coefficient (Wildman–Crippen LogP) is 3.52. The molecule has 10 heteroatoms. The molecule has 0 N–H and O–H groups in total. The van der Waals surface area contributed by atoms with E-state index >= 15 is 0 Å². The minimum Gasteiger partial charge on any atom is -0.484 e. The van der Waals surface area contributed by atoms with Crippen LogP contribution in [0.4, 0.5) is 13.2 Å². The number of carbonyl (C=O) groups excluding carboxylic acids is 1. The highest BCUT2D eigenvalue weighted by Crippen LogP contribution is 2.43. The molecule has 3 aliphatic rings. The van der Waals surface area contributed by atoms with Crippen molar-refractivity contribution < 1.29 is 36.9 Å². The number of carbonyl (C=O) groups is 1. The molecule has 2 aromatic rings. The lowest BCUT2D eigenvalue weighted by Gasteiger charge is -2.41. The number of rotatable bonds is 5. The van der Waals surface area contributed by atoms with Gasteiger partial charge in [0, 0.05) is 25.8 Å². The van der Waals surface area contributed by atoms with Crippen LogP contribution in [0.25, 0.3) is 0 Å². The van der Waals surface area contributed by atoms with Gasteiger partial charge in [-0.15, -0.1) is 0 Å². The van der Waals surface area contributed by atoms with Gasteiger partial charge >= 0.3 is 0 Å². The molecule has 0 radical (unpaired) electrons. The van der Waals surface area contributed by atoms with Crippen LogP contribution in [0.5, 0.6) is 11.6 Å². The molecule has 1 saturated carbocycles. The van der Waals surface area contributed by atoms with Crippen LogP contribution < -0.4 is 9.47 Å². The highest BCUT2D eigenvalue weighted by molar-refractivity contribution is 5.92. The molecule has 1 aromatic carbocycles. The van der Waals surface area contributed by atoms with Gasteiger partial charge < -0.3 is 23.8 Å². The molecule has 1 aliphatic carbocycles. The van der Waals surface area contributed by atoms with Crippen LogP contribution in [0.2, 0.25) is 0 Å². The minimum atomic E-state index is -2.71. The first-order valence-electron chi connectivity index (χ1n) is 10.7. The molecule has 2 atom stereocenters. The number of likely N-dealkylation sites (tertiary alicyclic amines) is 1. The van der Waals surface area contributed by atoms with Crippen LogP contribution in [0.3, 0.4) is 0 Å². The Labute approximate surface area is 188 Å². The number of benzene rings is 1. The second-order valence-electron chi connectivity index (χ2n) is 8.53. The topological polar surface area (TPSA) is 70.1 Å². The zero-order chi connectivity index (χ0) is 23.2. The summed E-state index contributed by atoms with van der Waals surface area (Å²) in [6.07, 6.45) is -1.36. The molecule has 3 heterocycles. The smallest absolute Gasteiger partial charge is 0.272 e. The molecule has 2 saturated heterocycles. The molecule has 1 amide bonds. The van der Waals surface area contributed by atoms with E-state index in [9.17, 15) is 18.0 Å². The summed E-state index contributed by atoms with van der Waals surface area (Å²) < 4.78 is 62.4. The zero-order valence-corrected chi connectivity index (χ0v) is 17.9. The van der Waals surface area contributed by atoms with Crippen LogP contribution >= 0.6 is 0 Å². The molecule has 0 bridgehead atoms. The van der Waals surface area contributed by atoms with E-state index in [0.717, 1.165) is 0 Å². The average Bonchev–Trinajstić information content (AvgIpc) is 3.22. The normalized spacial score (nSPS) is 26.4. The number of hydrogen-bond acceptors (Lipinski definition) is 6. The Morgan fingerprint density at radius 3 is 2.79 bits per heavy atom. The van der Waals surface area contributed by atoms with Crippen LogP contribution in [0.1, 0.15) is 35.3 Å². The van der Waals surface area contributed by atoms with Gasteiger partial charge in [0.25, 0.3) is 17.7 Å². The summed E-state index contributed by atoms with van der Waals surface area (Å²) in [6.45, 7) is 0.658. The van der Waals surface area contributed by atoms with Crippen molar-refractivity contribution in [2.45, 2.75) is 43.0 Å². The van der Waals surface area contributed by atoms with Gasteiger partial charge in [0.15, 0.2) is 5.75 Å². The van der Waals surface area contributed by atoms with Gasteiger partial charge in [0.05, 0.1) is 13.7 Å². The van der Waals surface area contributed by atoms with E-state index in [1.165, 1.54) is 31.4 Å². The highest BCUT2D eigenvalue weighted by Gasteiger charge is 2.51. The van der Waals surface area contributed by atoms with Crippen molar-refractivity contribution in [3.05, 3.63) is 53.5 Å². The van der Waals surface area contributed by atoms with Crippen molar-refractivity contribution in [1.29, 1.82) is 0 Å². The summed E-state index contributed by atoms with van der Waals surface area (Å²) in [5.74, 6) is -3.13. The molecule has 1 unspecified atom stereocenters. The Kier molecular flexibility index (Phi) is 5.44. The minimum absolute atomic E-state index is 0.0571. The van der Waals surface area contributed by atoms with E-state index in [4.69, 9.17) is 18.9 Å². The number of alkyl halides is 2. The Morgan fingerprint density at radius 2 is 2.06 bits per heavy atom. The molecule has 176 valence electrons. The second-order valence-corrected chi connectivity index (χ2v) is 8.53. The van der Waals surface area contributed by atoms with Crippen LogP contribution in [0.15, 0.2) is 36.4 Å². The molecule has 2 aliphatic heterocycles. The fourth-order valence-corrected chi connectivity index (χ4v) is 4.64. The van der Waals surface area contributed by atoms with E-state index < -0.39 is 23.7 Å². The summed E-state index contributed by atoms with van der Waals surface area (Å²) in [7, 11) is 1.37. The van der Waals surface area contributed by atoms with Gasteiger partial charge in [-0.25, -0.2) is 18.2 Å². The summed E-state index contributed by atoms with van der Waals surface area (Å²) >= 11 is 0. The van der Waals surface area contributed by atoms with E-state index in [-0.39, 0.29) is 55.2 Å². The molecule has 7 nitrogen and oxygen atoms in total. The Bertz CT molecular complexity index is 1060. The third kappa shape index (κ3) is 4.02. The number of amides is 1. The highest BCUT2D eigenvalue weighted by atomic mass is 19.3. The number of methoxy groups -OCH3 is 1. The number of fused-ring (bicyclic) bond motifs is 1. The Hall–Kier alpha value is -2.85. The van der Waals surface area contributed by atoms with E-state index in [1.54, 1.807) is 17.0 Å². The molecule has 3 fully saturated rings. The maximum Gasteiger partial charge on any atom is 0.272 e. The zero-order valence-electron chi connectivity index (χ0n) is 17.9. The fourth-order valence-electron chi connectivity index (χ4n) is 4.64. The number of aromatic nitrogens is 1. The number of pyridine rings is 1. The largest absolute Gasteiger partial charge is 0.484 e. The lowest BCUT2D eigenvalue weighted by atomic mass is 9.82.